The first-order valence-electron chi connectivity index (χ1n) is 7.18. The Bertz CT molecular complexity index is 359. The third-order valence-corrected chi connectivity index (χ3v) is 5.08. The summed E-state index contributed by atoms with van der Waals surface area (Å²) in [5, 5.41) is 3.06. The van der Waals surface area contributed by atoms with Crippen LogP contribution in [0.2, 0.25) is 0 Å². The van der Waals surface area contributed by atoms with Crippen LogP contribution in [0.3, 0.4) is 0 Å². The van der Waals surface area contributed by atoms with Crippen molar-refractivity contribution in [2.75, 3.05) is 33.8 Å². The third-order valence-electron chi connectivity index (χ3n) is 5.08. The molecule has 2 rings (SSSR count). The van der Waals surface area contributed by atoms with Gasteiger partial charge < -0.3 is 20.7 Å². The zero-order chi connectivity index (χ0) is 14.3. The Morgan fingerprint density at radius 1 is 1.53 bits per heavy atom. The van der Waals surface area contributed by atoms with E-state index >= 15 is 0 Å². The van der Waals surface area contributed by atoms with Crippen molar-refractivity contribution in [3.05, 3.63) is 0 Å². The van der Waals surface area contributed by atoms with E-state index in [2.05, 4.69) is 19.2 Å². The first-order chi connectivity index (χ1) is 8.87. The predicted octanol–water partition coefficient (Wildman–Crippen LogP) is 0.197. The second-order valence-corrected chi connectivity index (χ2v) is 6.46. The van der Waals surface area contributed by atoms with Crippen LogP contribution in [0.4, 0.5) is 0 Å². The first kappa shape index (κ1) is 14.8. The van der Waals surface area contributed by atoms with Gasteiger partial charge in [-0.2, -0.15) is 0 Å². The maximum atomic E-state index is 12.7. The summed E-state index contributed by atoms with van der Waals surface area (Å²) in [5.41, 5.74) is 5.49. The van der Waals surface area contributed by atoms with E-state index in [1.54, 1.807) is 4.90 Å². The van der Waals surface area contributed by atoms with Crippen LogP contribution in [0.5, 0.6) is 0 Å². The Balaban J connectivity index is 2.14. The number of nitrogens with one attached hydrogen (secondary N) is 1. The summed E-state index contributed by atoms with van der Waals surface area (Å²) in [5.74, 6) is 0.222. The fourth-order valence-electron chi connectivity index (χ4n) is 3.71. The molecule has 110 valence electrons. The highest BCUT2D eigenvalue weighted by Crippen LogP contribution is 2.57. The normalized spacial score (nSPS) is 36.3. The first-order valence-corrected chi connectivity index (χ1v) is 7.18. The van der Waals surface area contributed by atoms with Gasteiger partial charge in [0.1, 0.15) is 5.54 Å². The van der Waals surface area contributed by atoms with E-state index in [4.69, 9.17) is 10.5 Å². The van der Waals surface area contributed by atoms with Crippen molar-refractivity contribution in [3.8, 4) is 0 Å². The molecule has 0 aromatic rings. The molecule has 19 heavy (non-hydrogen) atoms. The van der Waals surface area contributed by atoms with Crippen LogP contribution in [-0.4, -0.2) is 56.2 Å². The molecule has 1 aliphatic carbocycles. The summed E-state index contributed by atoms with van der Waals surface area (Å²) in [7, 11) is 3.72. The zero-order valence-electron chi connectivity index (χ0n) is 12.5. The third kappa shape index (κ3) is 1.99. The van der Waals surface area contributed by atoms with Crippen molar-refractivity contribution in [3.63, 3.8) is 0 Å². The van der Waals surface area contributed by atoms with Gasteiger partial charge in [-0.1, -0.05) is 13.8 Å². The molecule has 3 atom stereocenters. The largest absolute Gasteiger partial charge is 0.377 e. The highest BCUT2D eigenvalue weighted by atomic mass is 16.5. The molecule has 5 heteroatoms. The number of rotatable bonds is 4. The van der Waals surface area contributed by atoms with E-state index in [0.29, 0.717) is 6.54 Å². The number of ether oxygens (including phenoxy) is 1. The van der Waals surface area contributed by atoms with Gasteiger partial charge in [-0.05, 0) is 19.9 Å². The van der Waals surface area contributed by atoms with Gasteiger partial charge in [0.25, 0.3) is 0 Å². The van der Waals surface area contributed by atoms with E-state index in [1.165, 1.54) is 0 Å². The monoisotopic (exact) mass is 269 g/mol. The molecule has 1 heterocycles. The van der Waals surface area contributed by atoms with Crippen LogP contribution in [0.15, 0.2) is 0 Å². The SMILES string of the molecule is CNCCN(C)C(=O)C1(N)C2CCCOC2C1(C)C. The lowest BCUT2D eigenvalue weighted by Crippen LogP contribution is -2.82. The molecule has 1 saturated carbocycles. The van der Waals surface area contributed by atoms with Crippen LogP contribution < -0.4 is 11.1 Å². The molecule has 2 aliphatic rings. The number of amides is 1. The fourth-order valence-corrected chi connectivity index (χ4v) is 3.71. The molecule has 1 saturated heterocycles. The lowest BCUT2D eigenvalue weighted by atomic mass is 9.46. The number of hydrogen-bond donors (Lipinski definition) is 2. The lowest BCUT2D eigenvalue weighted by molar-refractivity contribution is -0.229. The minimum atomic E-state index is -0.777. The van der Waals surface area contributed by atoms with Crippen molar-refractivity contribution >= 4 is 5.91 Å². The van der Waals surface area contributed by atoms with E-state index in [-0.39, 0.29) is 23.3 Å². The van der Waals surface area contributed by atoms with Gasteiger partial charge in [0, 0.05) is 38.1 Å². The van der Waals surface area contributed by atoms with Gasteiger partial charge in [0.2, 0.25) is 5.91 Å². The maximum absolute atomic E-state index is 12.7. The molecule has 2 fully saturated rings. The average Bonchev–Trinajstić information content (AvgIpc) is 2.42. The Morgan fingerprint density at radius 3 is 2.84 bits per heavy atom. The molecular weight excluding hydrogens is 242 g/mol. The molecule has 1 aliphatic heterocycles. The van der Waals surface area contributed by atoms with Crippen LogP contribution in [-0.2, 0) is 9.53 Å². The van der Waals surface area contributed by atoms with Crippen molar-refractivity contribution in [2.24, 2.45) is 17.1 Å². The highest BCUT2D eigenvalue weighted by molar-refractivity contribution is 5.89. The summed E-state index contributed by atoms with van der Waals surface area (Å²) in [6.07, 6.45) is 2.13. The summed E-state index contributed by atoms with van der Waals surface area (Å²) >= 11 is 0. The molecule has 3 unspecified atom stereocenters. The zero-order valence-corrected chi connectivity index (χ0v) is 12.5. The summed E-state index contributed by atoms with van der Waals surface area (Å²) < 4.78 is 5.84. The molecule has 0 radical (unpaired) electrons. The van der Waals surface area contributed by atoms with Gasteiger partial charge in [-0.3, -0.25) is 4.79 Å². The summed E-state index contributed by atoms with van der Waals surface area (Å²) in [6.45, 7) is 6.38. The molecule has 0 aromatic carbocycles. The number of carbonyl (C=O) groups is 1. The number of carbonyl (C=O) groups excluding carboxylic acids is 1. The molecule has 1 amide bonds. The number of hydrogen-bond acceptors (Lipinski definition) is 4. The molecule has 0 spiro atoms. The minimum absolute atomic E-state index is 0.0551. The molecule has 0 bridgehead atoms. The van der Waals surface area contributed by atoms with Crippen molar-refractivity contribution in [2.45, 2.75) is 38.3 Å². The Morgan fingerprint density at radius 2 is 2.21 bits per heavy atom. The Labute approximate surface area is 115 Å². The van der Waals surface area contributed by atoms with Crippen molar-refractivity contribution in [1.82, 2.24) is 10.2 Å². The minimum Gasteiger partial charge on any atom is -0.377 e. The standard InChI is InChI=1S/C14H27N3O2/c1-13(2)11-10(6-5-9-19-11)14(13,15)12(18)17(4)8-7-16-3/h10-11,16H,5-9,15H2,1-4H3. The van der Waals surface area contributed by atoms with E-state index in [1.807, 2.05) is 14.1 Å². The number of fused-ring (bicyclic) bond motifs is 1. The smallest absolute Gasteiger partial charge is 0.243 e. The quantitative estimate of drug-likeness (QED) is 0.765. The fraction of sp³-hybridized carbons (Fsp3) is 0.929. The predicted molar refractivity (Wildman–Crippen MR) is 74.7 cm³/mol. The molecule has 3 N–H and O–H groups in total. The van der Waals surface area contributed by atoms with Gasteiger partial charge >= 0.3 is 0 Å². The highest BCUT2D eigenvalue weighted by Gasteiger charge is 2.70. The second-order valence-electron chi connectivity index (χ2n) is 6.46. The molecular formula is C14H27N3O2. The van der Waals surface area contributed by atoms with E-state index in [9.17, 15) is 4.79 Å². The van der Waals surface area contributed by atoms with Gasteiger partial charge in [-0.25, -0.2) is 0 Å². The Kier molecular flexibility index (Phi) is 3.91. The Hall–Kier alpha value is -0.650. The average molecular weight is 269 g/mol. The number of likely N-dealkylation sites (N-methyl/N-ethyl adjacent to an activating group) is 2. The molecule has 0 aromatic heterocycles. The molecule has 5 nitrogen and oxygen atoms in total. The van der Waals surface area contributed by atoms with E-state index in [0.717, 1.165) is 26.0 Å². The number of nitrogens with two attached hydrogens (primary N) is 1. The summed E-state index contributed by atoms with van der Waals surface area (Å²) in [4.78, 5) is 14.5. The van der Waals surface area contributed by atoms with Gasteiger partial charge in [0.05, 0.1) is 6.10 Å². The van der Waals surface area contributed by atoms with E-state index < -0.39 is 5.54 Å². The lowest BCUT2D eigenvalue weighted by Gasteiger charge is -2.65. The van der Waals surface area contributed by atoms with Crippen LogP contribution in [0, 0.1) is 11.3 Å². The van der Waals surface area contributed by atoms with Gasteiger partial charge in [-0.15, -0.1) is 0 Å². The number of nitrogens with zero attached hydrogens (tertiary/aromatic N) is 1. The van der Waals surface area contributed by atoms with Crippen LogP contribution in [0.25, 0.3) is 0 Å². The van der Waals surface area contributed by atoms with Crippen LogP contribution >= 0.6 is 0 Å². The van der Waals surface area contributed by atoms with Crippen LogP contribution in [0.1, 0.15) is 26.7 Å². The topological polar surface area (TPSA) is 67.6 Å². The van der Waals surface area contributed by atoms with Crippen molar-refractivity contribution < 1.29 is 9.53 Å². The summed E-state index contributed by atoms with van der Waals surface area (Å²) in [6, 6.07) is 0. The van der Waals surface area contributed by atoms with Crippen molar-refractivity contribution in [1.29, 1.82) is 0 Å². The second kappa shape index (κ2) is 5.04. The maximum Gasteiger partial charge on any atom is 0.243 e. The van der Waals surface area contributed by atoms with Gasteiger partial charge in [0.15, 0.2) is 0 Å².